The number of hydrogen-bond acceptors (Lipinski definition) is 4. The van der Waals surface area contributed by atoms with Crippen LogP contribution in [0.4, 0.5) is 10.1 Å². The molecule has 1 amide bonds. The van der Waals surface area contributed by atoms with E-state index in [1.807, 2.05) is 48.5 Å². The largest absolute Gasteiger partial charge is 0.326 e. The van der Waals surface area contributed by atoms with E-state index in [0.29, 0.717) is 23.5 Å². The molecule has 3 aromatic carbocycles. The Bertz CT molecular complexity index is 1200. The minimum Gasteiger partial charge on any atom is -0.326 e. The molecule has 4 rings (SSSR count). The van der Waals surface area contributed by atoms with Gasteiger partial charge in [0.1, 0.15) is 5.82 Å². The van der Waals surface area contributed by atoms with E-state index >= 15 is 0 Å². The molecule has 0 saturated carbocycles. The van der Waals surface area contributed by atoms with E-state index in [1.165, 1.54) is 12.1 Å². The van der Waals surface area contributed by atoms with Crippen molar-refractivity contribution in [3.63, 3.8) is 0 Å². The van der Waals surface area contributed by atoms with Crippen LogP contribution >= 0.6 is 11.6 Å². The summed E-state index contributed by atoms with van der Waals surface area (Å²) in [6, 6.07) is 19.3. The first-order chi connectivity index (χ1) is 15.0. The van der Waals surface area contributed by atoms with Crippen LogP contribution in [0, 0.1) is 5.82 Å². The van der Waals surface area contributed by atoms with Crippen molar-refractivity contribution in [1.29, 1.82) is 0 Å². The molecule has 0 aliphatic rings. The average Bonchev–Trinajstić information content (AvgIpc) is 2.77. The highest BCUT2D eigenvalue weighted by Gasteiger charge is 2.19. The Morgan fingerprint density at radius 3 is 2.55 bits per heavy atom. The molecule has 0 unspecified atom stereocenters. The molecule has 0 bridgehead atoms. The summed E-state index contributed by atoms with van der Waals surface area (Å²) < 4.78 is 13.9. The van der Waals surface area contributed by atoms with Gasteiger partial charge in [-0.1, -0.05) is 48.0 Å². The molecule has 31 heavy (non-hydrogen) atoms. The van der Waals surface area contributed by atoms with Crippen molar-refractivity contribution >= 4 is 34.0 Å². The van der Waals surface area contributed by atoms with Gasteiger partial charge in [0.25, 0.3) is 0 Å². The van der Waals surface area contributed by atoms with E-state index in [2.05, 4.69) is 10.2 Å². The molecule has 0 atom stereocenters. The molecule has 156 valence electrons. The third kappa shape index (κ3) is 4.87. The lowest BCUT2D eigenvalue weighted by Gasteiger charge is -2.24. The Balaban J connectivity index is 1.69. The molecule has 7 heteroatoms. The first-order valence-corrected chi connectivity index (χ1v) is 10.1. The number of benzene rings is 3. The molecule has 4 aromatic rings. The zero-order chi connectivity index (χ0) is 21.8. The van der Waals surface area contributed by atoms with Crippen molar-refractivity contribution in [3.05, 3.63) is 101 Å². The summed E-state index contributed by atoms with van der Waals surface area (Å²) in [6.07, 6.45) is 1.72. The number of anilines is 1. The summed E-state index contributed by atoms with van der Waals surface area (Å²) in [5.41, 5.74) is 8.50. The van der Waals surface area contributed by atoms with Gasteiger partial charge in [-0.05, 0) is 41.5 Å². The molecule has 0 radical (unpaired) electrons. The lowest BCUT2D eigenvalue weighted by atomic mass is 10.1. The summed E-state index contributed by atoms with van der Waals surface area (Å²) in [6.45, 7) is 0.565. The number of carbonyl (C=O) groups is 1. The van der Waals surface area contributed by atoms with Gasteiger partial charge in [-0.25, -0.2) is 4.39 Å². The van der Waals surface area contributed by atoms with Gasteiger partial charge in [0.05, 0.1) is 24.9 Å². The summed E-state index contributed by atoms with van der Waals surface area (Å²) in [5, 5.41) is 10.3. The van der Waals surface area contributed by atoms with Gasteiger partial charge in [0, 0.05) is 28.0 Å². The summed E-state index contributed by atoms with van der Waals surface area (Å²) in [7, 11) is 0. The van der Waals surface area contributed by atoms with Gasteiger partial charge >= 0.3 is 0 Å². The van der Waals surface area contributed by atoms with Crippen molar-refractivity contribution in [2.75, 3.05) is 4.90 Å². The first-order valence-electron chi connectivity index (χ1n) is 9.77. The molecule has 1 aromatic heterocycles. The number of hydrogen-bond donors (Lipinski definition) is 1. The van der Waals surface area contributed by atoms with Gasteiger partial charge in [0.2, 0.25) is 5.91 Å². The topological polar surface area (TPSA) is 72.1 Å². The smallest absolute Gasteiger partial charge is 0.233 e. The number of aromatic nitrogens is 2. The molecule has 1 heterocycles. The van der Waals surface area contributed by atoms with Crippen LogP contribution in [0.2, 0.25) is 5.02 Å². The van der Waals surface area contributed by atoms with E-state index in [0.717, 1.165) is 16.3 Å². The summed E-state index contributed by atoms with van der Waals surface area (Å²) in [5.74, 6) is -0.639. The molecular weight excluding hydrogens is 415 g/mol. The van der Waals surface area contributed by atoms with Crippen LogP contribution in [-0.2, 0) is 24.3 Å². The van der Waals surface area contributed by atoms with Crippen LogP contribution in [-0.4, -0.2) is 16.1 Å². The van der Waals surface area contributed by atoms with E-state index in [4.69, 9.17) is 17.3 Å². The van der Waals surface area contributed by atoms with Crippen molar-refractivity contribution < 1.29 is 9.18 Å². The maximum atomic E-state index is 13.9. The fraction of sp³-hybridized carbons (Fsp3) is 0.125. The number of halogens is 2. The standard InChI is InChI=1S/C24H20ClFN4O/c25-19-9-17(10-20(26)11-19)15-30(21-7-5-16(13-27)6-8-21)24(31)12-23-22-4-2-1-3-18(22)14-28-29-23/h1-11,14H,12-13,15,27H2. The second-order valence-electron chi connectivity index (χ2n) is 7.18. The fourth-order valence-corrected chi connectivity index (χ4v) is 3.72. The molecule has 0 spiro atoms. The van der Waals surface area contributed by atoms with E-state index < -0.39 is 5.82 Å². The molecule has 5 nitrogen and oxygen atoms in total. The number of carbonyl (C=O) groups excluding carboxylic acids is 1. The molecule has 0 aliphatic carbocycles. The highest BCUT2D eigenvalue weighted by atomic mass is 35.5. The molecule has 0 saturated heterocycles. The molecule has 0 aliphatic heterocycles. The number of nitrogens with two attached hydrogens (primary N) is 1. The van der Waals surface area contributed by atoms with Crippen LogP contribution in [0.1, 0.15) is 16.8 Å². The van der Waals surface area contributed by atoms with Gasteiger partial charge in [-0.2, -0.15) is 10.2 Å². The first kappa shape index (κ1) is 20.9. The zero-order valence-electron chi connectivity index (χ0n) is 16.6. The second kappa shape index (κ2) is 9.20. The predicted octanol–water partition coefficient (Wildman–Crippen LogP) is 4.66. The minimum atomic E-state index is -0.451. The zero-order valence-corrected chi connectivity index (χ0v) is 17.4. The monoisotopic (exact) mass is 434 g/mol. The number of amides is 1. The Morgan fingerprint density at radius 2 is 1.81 bits per heavy atom. The van der Waals surface area contributed by atoms with Crippen LogP contribution < -0.4 is 10.6 Å². The maximum Gasteiger partial charge on any atom is 0.233 e. The number of rotatable bonds is 6. The highest BCUT2D eigenvalue weighted by molar-refractivity contribution is 6.30. The Morgan fingerprint density at radius 1 is 1.03 bits per heavy atom. The lowest BCUT2D eigenvalue weighted by molar-refractivity contribution is -0.118. The van der Waals surface area contributed by atoms with Crippen LogP contribution in [0.15, 0.2) is 72.9 Å². The molecular formula is C24H20ClFN4O. The van der Waals surface area contributed by atoms with E-state index in [1.54, 1.807) is 17.2 Å². The van der Waals surface area contributed by atoms with Gasteiger partial charge in [0.15, 0.2) is 0 Å². The van der Waals surface area contributed by atoms with E-state index in [9.17, 15) is 9.18 Å². The summed E-state index contributed by atoms with van der Waals surface area (Å²) >= 11 is 6.02. The molecule has 2 N–H and O–H groups in total. The van der Waals surface area contributed by atoms with E-state index in [-0.39, 0.29) is 23.9 Å². The Labute approximate surface area is 184 Å². The summed E-state index contributed by atoms with van der Waals surface area (Å²) in [4.78, 5) is 15.0. The van der Waals surface area contributed by atoms with Gasteiger partial charge < -0.3 is 10.6 Å². The third-order valence-electron chi connectivity index (χ3n) is 5.01. The quantitative estimate of drug-likeness (QED) is 0.479. The minimum absolute atomic E-state index is 0.0516. The van der Waals surface area contributed by atoms with Crippen molar-refractivity contribution in [3.8, 4) is 0 Å². The second-order valence-corrected chi connectivity index (χ2v) is 7.62. The Kier molecular flexibility index (Phi) is 6.21. The van der Waals surface area contributed by atoms with Gasteiger partial charge in [-0.3, -0.25) is 4.79 Å². The van der Waals surface area contributed by atoms with Crippen molar-refractivity contribution in [1.82, 2.24) is 10.2 Å². The Hall–Kier alpha value is -3.35. The van der Waals surface area contributed by atoms with Crippen LogP contribution in [0.3, 0.4) is 0 Å². The predicted molar refractivity (Wildman–Crippen MR) is 120 cm³/mol. The molecule has 0 fully saturated rings. The number of fused-ring (bicyclic) bond motifs is 1. The highest BCUT2D eigenvalue weighted by Crippen LogP contribution is 2.23. The fourth-order valence-electron chi connectivity index (χ4n) is 3.48. The van der Waals surface area contributed by atoms with Crippen molar-refractivity contribution in [2.24, 2.45) is 5.73 Å². The van der Waals surface area contributed by atoms with Crippen LogP contribution in [0.25, 0.3) is 10.8 Å². The average molecular weight is 435 g/mol. The van der Waals surface area contributed by atoms with Crippen molar-refractivity contribution in [2.45, 2.75) is 19.5 Å². The van der Waals surface area contributed by atoms with Gasteiger partial charge in [-0.15, -0.1) is 0 Å². The number of nitrogens with zero attached hydrogens (tertiary/aromatic N) is 3. The SMILES string of the molecule is NCc1ccc(N(Cc2cc(F)cc(Cl)c2)C(=O)Cc2nncc3ccccc23)cc1. The third-order valence-corrected chi connectivity index (χ3v) is 5.23. The van der Waals surface area contributed by atoms with Crippen LogP contribution in [0.5, 0.6) is 0 Å². The lowest BCUT2D eigenvalue weighted by Crippen LogP contribution is -2.32. The normalized spacial score (nSPS) is 10.9. The maximum absolute atomic E-state index is 13.9.